The fourth-order valence-corrected chi connectivity index (χ4v) is 5.52. The van der Waals surface area contributed by atoms with Gasteiger partial charge in [0.2, 0.25) is 10.0 Å². The Hall–Kier alpha value is -1.12. The number of benzene rings is 1. The van der Waals surface area contributed by atoms with Gasteiger partial charge in [-0.05, 0) is 43.9 Å². The summed E-state index contributed by atoms with van der Waals surface area (Å²) >= 11 is 0. The minimum atomic E-state index is -4.59. The molecule has 4 nitrogen and oxygen atoms in total. The highest BCUT2D eigenvalue weighted by Crippen LogP contribution is 2.46. The standard InChI is InChI=1S/C16H20F3NO3S/c17-16(18,19)12-4-1-5-13(10-12)24(22,23)20-9-3-8-15(11-20)7-2-6-14(15)21/h1,4-5,10,14,21H,2-3,6-9,11H2/t14-,15+/m1/s1. The monoisotopic (exact) mass is 363 g/mol. The lowest BCUT2D eigenvalue weighted by atomic mass is 9.77. The molecule has 1 spiro atoms. The van der Waals surface area contributed by atoms with Crippen LogP contribution in [0.15, 0.2) is 29.2 Å². The normalized spacial score (nSPS) is 29.2. The molecule has 1 saturated carbocycles. The van der Waals surface area contributed by atoms with Crippen LogP contribution < -0.4 is 0 Å². The van der Waals surface area contributed by atoms with E-state index in [1.807, 2.05) is 0 Å². The van der Waals surface area contributed by atoms with E-state index in [1.165, 1.54) is 10.4 Å². The average Bonchev–Trinajstić information content (AvgIpc) is 2.87. The Kier molecular flexibility index (Phi) is 4.42. The molecule has 0 radical (unpaired) electrons. The van der Waals surface area contributed by atoms with Crippen molar-refractivity contribution in [3.63, 3.8) is 0 Å². The lowest BCUT2D eigenvalue weighted by Crippen LogP contribution is -2.49. The van der Waals surface area contributed by atoms with Gasteiger partial charge >= 0.3 is 6.18 Å². The summed E-state index contributed by atoms with van der Waals surface area (Å²) in [5.41, 5.74) is -1.43. The molecule has 2 atom stereocenters. The summed E-state index contributed by atoms with van der Waals surface area (Å²) in [6.45, 7) is 0.444. The van der Waals surface area contributed by atoms with Crippen LogP contribution in [0, 0.1) is 5.41 Å². The summed E-state index contributed by atoms with van der Waals surface area (Å²) in [5, 5.41) is 10.2. The van der Waals surface area contributed by atoms with Crippen LogP contribution in [0.3, 0.4) is 0 Å². The largest absolute Gasteiger partial charge is 0.416 e. The molecule has 1 aliphatic carbocycles. The summed E-state index contributed by atoms with van der Waals surface area (Å²) in [5.74, 6) is 0. The quantitative estimate of drug-likeness (QED) is 0.879. The van der Waals surface area contributed by atoms with Crippen LogP contribution in [0.25, 0.3) is 0 Å². The first-order valence-electron chi connectivity index (χ1n) is 8.01. The van der Waals surface area contributed by atoms with E-state index in [-0.39, 0.29) is 18.0 Å². The molecule has 1 aromatic rings. The van der Waals surface area contributed by atoms with Gasteiger partial charge in [-0.3, -0.25) is 0 Å². The molecule has 1 aromatic carbocycles. The highest BCUT2D eigenvalue weighted by Gasteiger charge is 2.47. The molecule has 1 N–H and O–H groups in total. The van der Waals surface area contributed by atoms with E-state index in [9.17, 15) is 26.7 Å². The molecular formula is C16H20F3NO3S. The van der Waals surface area contributed by atoms with Crippen molar-refractivity contribution >= 4 is 10.0 Å². The molecule has 0 aromatic heterocycles. The summed E-state index contributed by atoms with van der Waals surface area (Å²) in [7, 11) is -4.01. The van der Waals surface area contributed by atoms with Crippen LogP contribution in [0.2, 0.25) is 0 Å². The zero-order valence-corrected chi connectivity index (χ0v) is 13.9. The number of piperidine rings is 1. The first-order chi connectivity index (χ1) is 11.2. The molecule has 134 valence electrons. The number of aliphatic hydroxyl groups is 1. The van der Waals surface area contributed by atoms with Crippen molar-refractivity contribution in [2.24, 2.45) is 5.41 Å². The van der Waals surface area contributed by atoms with E-state index >= 15 is 0 Å². The zero-order chi connectivity index (χ0) is 17.6. The SMILES string of the molecule is O=S(=O)(c1cccc(C(F)(F)F)c1)N1CCC[C@@]2(CCC[C@H]2O)C1. The smallest absolute Gasteiger partial charge is 0.392 e. The third-order valence-electron chi connectivity index (χ3n) is 5.23. The Morgan fingerprint density at radius 2 is 1.92 bits per heavy atom. The first-order valence-corrected chi connectivity index (χ1v) is 9.45. The maximum Gasteiger partial charge on any atom is 0.416 e. The highest BCUT2D eigenvalue weighted by molar-refractivity contribution is 7.89. The molecule has 24 heavy (non-hydrogen) atoms. The Morgan fingerprint density at radius 1 is 1.21 bits per heavy atom. The van der Waals surface area contributed by atoms with Crippen molar-refractivity contribution in [3.05, 3.63) is 29.8 Å². The number of hydrogen-bond donors (Lipinski definition) is 1. The van der Waals surface area contributed by atoms with Crippen molar-refractivity contribution < 1.29 is 26.7 Å². The predicted molar refractivity (Wildman–Crippen MR) is 81.7 cm³/mol. The van der Waals surface area contributed by atoms with E-state index in [0.29, 0.717) is 18.9 Å². The van der Waals surface area contributed by atoms with Gasteiger partial charge in [0.05, 0.1) is 16.6 Å². The van der Waals surface area contributed by atoms with Crippen LogP contribution in [-0.2, 0) is 16.2 Å². The fraction of sp³-hybridized carbons (Fsp3) is 0.625. The van der Waals surface area contributed by atoms with Crippen LogP contribution in [0.4, 0.5) is 13.2 Å². The maximum absolute atomic E-state index is 12.8. The van der Waals surface area contributed by atoms with Gasteiger partial charge in [-0.2, -0.15) is 17.5 Å². The number of halogens is 3. The van der Waals surface area contributed by atoms with Gasteiger partial charge in [0.15, 0.2) is 0 Å². The zero-order valence-electron chi connectivity index (χ0n) is 13.1. The van der Waals surface area contributed by atoms with Crippen molar-refractivity contribution in [2.45, 2.75) is 49.3 Å². The molecule has 1 aliphatic heterocycles. The Bertz CT molecular complexity index is 720. The molecule has 3 rings (SSSR count). The fourth-order valence-electron chi connectivity index (χ4n) is 3.90. The Labute approximate surface area is 139 Å². The Morgan fingerprint density at radius 3 is 2.54 bits per heavy atom. The van der Waals surface area contributed by atoms with Crippen molar-refractivity contribution in [3.8, 4) is 0 Å². The minimum Gasteiger partial charge on any atom is -0.392 e. The van der Waals surface area contributed by atoms with Crippen LogP contribution in [0.1, 0.15) is 37.7 Å². The van der Waals surface area contributed by atoms with Crippen molar-refractivity contribution in [1.82, 2.24) is 4.31 Å². The van der Waals surface area contributed by atoms with E-state index in [1.54, 1.807) is 0 Å². The van der Waals surface area contributed by atoms with Gasteiger partial charge in [0, 0.05) is 18.5 Å². The highest BCUT2D eigenvalue weighted by atomic mass is 32.2. The van der Waals surface area contributed by atoms with E-state index in [0.717, 1.165) is 31.4 Å². The first kappa shape index (κ1) is 17.7. The third-order valence-corrected chi connectivity index (χ3v) is 7.07. The second kappa shape index (κ2) is 6.00. The van der Waals surface area contributed by atoms with Crippen LogP contribution in [0.5, 0.6) is 0 Å². The molecule has 1 heterocycles. The van der Waals surface area contributed by atoms with E-state index in [2.05, 4.69) is 0 Å². The van der Waals surface area contributed by atoms with Gasteiger partial charge in [-0.25, -0.2) is 8.42 Å². The molecule has 0 amide bonds. The number of nitrogens with zero attached hydrogens (tertiary/aromatic N) is 1. The topological polar surface area (TPSA) is 57.6 Å². The van der Waals surface area contributed by atoms with Gasteiger partial charge in [0.25, 0.3) is 0 Å². The molecule has 0 bridgehead atoms. The molecule has 2 aliphatic rings. The maximum atomic E-state index is 12.8. The summed E-state index contributed by atoms with van der Waals surface area (Å²) in [6, 6.07) is 3.84. The number of aliphatic hydroxyl groups excluding tert-OH is 1. The number of alkyl halides is 3. The Balaban J connectivity index is 1.91. The third kappa shape index (κ3) is 3.07. The second-order valence-corrected chi connectivity index (χ2v) is 8.68. The van der Waals surface area contributed by atoms with E-state index < -0.39 is 33.3 Å². The summed E-state index contributed by atoms with van der Waals surface area (Å²) < 4.78 is 65.4. The molecule has 2 fully saturated rings. The molecule has 8 heteroatoms. The lowest BCUT2D eigenvalue weighted by Gasteiger charge is -2.41. The predicted octanol–water partition coefficient (Wildman–Crippen LogP) is 3.02. The van der Waals surface area contributed by atoms with Crippen LogP contribution in [-0.4, -0.2) is 37.0 Å². The number of hydrogen-bond acceptors (Lipinski definition) is 3. The van der Waals surface area contributed by atoms with Gasteiger partial charge < -0.3 is 5.11 Å². The van der Waals surface area contributed by atoms with Crippen LogP contribution >= 0.6 is 0 Å². The van der Waals surface area contributed by atoms with Gasteiger partial charge in [0.1, 0.15) is 0 Å². The van der Waals surface area contributed by atoms with Gasteiger partial charge in [-0.15, -0.1) is 0 Å². The summed E-state index contributed by atoms with van der Waals surface area (Å²) in [6.07, 6.45) is -1.52. The number of rotatable bonds is 2. The van der Waals surface area contributed by atoms with Gasteiger partial charge in [-0.1, -0.05) is 12.5 Å². The minimum absolute atomic E-state index is 0.173. The average molecular weight is 363 g/mol. The number of sulfonamides is 1. The molecule has 1 saturated heterocycles. The van der Waals surface area contributed by atoms with Crippen molar-refractivity contribution in [2.75, 3.05) is 13.1 Å². The van der Waals surface area contributed by atoms with E-state index in [4.69, 9.17) is 0 Å². The molecule has 0 unspecified atom stereocenters. The molecular weight excluding hydrogens is 343 g/mol. The van der Waals surface area contributed by atoms with Crippen molar-refractivity contribution in [1.29, 1.82) is 0 Å². The second-order valence-electron chi connectivity index (χ2n) is 6.74. The summed E-state index contributed by atoms with van der Waals surface area (Å²) in [4.78, 5) is -0.345. The lowest BCUT2D eigenvalue weighted by molar-refractivity contribution is -0.137.